The number of hydrogen-bond donors (Lipinski definition) is 1. The molecule has 5 heteroatoms. The van der Waals surface area contributed by atoms with Crippen LogP contribution in [0.2, 0.25) is 0 Å². The Kier molecular flexibility index (Phi) is 6.56. The van der Waals surface area contributed by atoms with Crippen LogP contribution in [0, 0.1) is 0 Å². The summed E-state index contributed by atoms with van der Waals surface area (Å²) in [5, 5.41) is 3.95. The molecule has 1 amide bonds. The lowest BCUT2D eigenvalue weighted by atomic mass is 10.1. The van der Waals surface area contributed by atoms with Crippen LogP contribution in [0.15, 0.2) is 84.2 Å². The molecule has 0 saturated heterocycles. The Morgan fingerprint density at radius 3 is 2.38 bits per heavy atom. The van der Waals surface area contributed by atoms with Gasteiger partial charge in [0.2, 0.25) is 0 Å². The smallest absolute Gasteiger partial charge is 0.267 e. The minimum absolute atomic E-state index is 0.228. The fraction of sp³-hybridized carbons (Fsp3) is 0.0952. The normalized spacial score (nSPS) is 10.8. The summed E-state index contributed by atoms with van der Waals surface area (Å²) in [5.74, 6) is 1.66. The Bertz CT molecular complexity index is 849. The summed E-state index contributed by atoms with van der Waals surface area (Å²) in [6, 6.07) is 21.7. The number of rotatable bonds is 7. The van der Waals surface area contributed by atoms with Crippen molar-refractivity contribution in [2.75, 3.05) is 0 Å². The molecular formula is C21H19N3OS. The summed E-state index contributed by atoms with van der Waals surface area (Å²) in [5.41, 5.74) is 6.46. The zero-order chi connectivity index (χ0) is 18.0. The maximum absolute atomic E-state index is 12.1. The first-order chi connectivity index (χ1) is 12.8. The molecule has 26 heavy (non-hydrogen) atoms. The lowest BCUT2D eigenvalue weighted by molar-refractivity contribution is 0.0955. The van der Waals surface area contributed by atoms with Gasteiger partial charge in [-0.25, -0.2) is 5.43 Å². The number of thioether (sulfide) groups is 1. The van der Waals surface area contributed by atoms with Crippen molar-refractivity contribution in [3.63, 3.8) is 0 Å². The number of amides is 1. The van der Waals surface area contributed by atoms with Crippen LogP contribution in [-0.4, -0.2) is 17.1 Å². The van der Waals surface area contributed by atoms with Crippen molar-refractivity contribution in [1.29, 1.82) is 0 Å². The molecule has 0 aliphatic rings. The summed E-state index contributed by atoms with van der Waals surface area (Å²) in [6.45, 7) is 0. The van der Waals surface area contributed by atoms with Crippen LogP contribution in [0.4, 0.5) is 0 Å². The maximum Gasteiger partial charge on any atom is 0.271 e. The number of nitrogens with one attached hydrogen (secondary N) is 1. The van der Waals surface area contributed by atoms with E-state index in [0.717, 1.165) is 17.1 Å². The van der Waals surface area contributed by atoms with E-state index in [-0.39, 0.29) is 5.91 Å². The number of hydrogen-bond acceptors (Lipinski definition) is 4. The van der Waals surface area contributed by atoms with E-state index < -0.39 is 0 Å². The van der Waals surface area contributed by atoms with E-state index in [0.29, 0.717) is 5.56 Å². The van der Waals surface area contributed by atoms with E-state index in [2.05, 4.69) is 39.8 Å². The molecule has 0 fully saturated rings. The van der Waals surface area contributed by atoms with Crippen molar-refractivity contribution in [3.05, 3.63) is 101 Å². The standard InChI is InChI=1S/C21H19N3OS/c25-21(24-23-14-19-7-4-12-22-13-19)20-10-8-18(9-11-20)16-26-15-17-5-2-1-3-6-17/h1-14H,15-16H2,(H,24,25)/b23-14+. The quantitative estimate of drug-likeness (QED) is 0.505. The van der Waals surface area contributed by atoms with Gasteiger partial charge in [-0.15, -0.1) is 0 Å². The molecule has 3 aromatic rings. The highest BCUT2D eigenvalue weighted by Gasteiger charge is 2.04. The predicted octanol–water partition coefficient (Wildman–Crippen LogP) is 4.28. The molecule has 0 unspecified atom stereocenters. The van der Waals surface area contributed by atoms with Gasteiger partial charge in [-0.2, -0.15) is 16.9 Å². The fourth-order valence-corrected chi connectivity index (χ4v) is 3.25. The van der Waals surface area contributed by atoms with E-state index in [9.17, 15) is 4.79 Å². The second kappa shape index (κ2) is 9.53. The van der Waals surface area contributed by atoms with Crippen molar-refractivity contribution in [1.82, 2.24) is 10.4 Å². The van der Waals surface area contributed by atoms with Gasteiger partial charge in [-0.05, 0) is 29.3 Å². The highest BCUT2D eigenvalue weighted by Crippen LogP contribution is 2.18. The monoisotopic (exact) mass is 361 g/mol. The van der Waals surface area contributed by atoms with Crippen molar-refractivity contribution < 1.29 is 4.79 Å². The van der Waals surface area contributed by atoms with E-state index in [1.807, 2.05) is 54.2 Å². The molecule has 0 saturated carbocycles. The van der Waals surface area contributed by atoms with E-state index in [4.69, 9.17) is 0 Å². The summed E-state index contributed by atoms with van der Waals surface area (Å²) in [4.78, 5) is 16.1. The van der Waals surface area contributed by atoms with Gasteiger partial charge in [0.05, 0.1) is 6.21 Å². The van der Waals surface area contributed by atoms with Crippen molar-refractivity contribution in [3.8, 4) is 0 Å². The third kappa shape index (κ3) is 5.57. The van der Waals surface area contributed by atoms with Gasteiger partial charge in [-0.1, -0.05) is 48.5 Å². The number of pyridine rings is 1. The van der Waals surface area contributed by atoms with Crippen LogP contribution in [0.1, 0.15) is 27.0 Å². The third-order valence-electron chi connectivity index (χ3n) is 3.66. The van der Waals surface area contributed by atoms with Gasteiger partial charge >= 0.3 is 0 Å². The van der Waals surface area contributed by atoms with E-state index >= 15 is 0 Å². The number of nitrogens with zero attached hydrogens (tertiary/aromatic N) is 2. The van der Waals surface area contributed by atoms with Crippen molar-refractivity contribution in [2.45, 2.75) is 11.5 Å². The molecule has 0 bridgehead atoms. The Hall–Kier alpha value is -2.92. The van der Waals surface area contributed by atoms with Crippen LogP contribution in [-0.2, 0) is 11.5 Å². The largest absolute Gasteiger partial charge is 0.271 e. The molecule has 130 valence electrons. The first-order valence-corrected chi connectivity index (χ1v) is 9.41. The van der Waals surface area contributed by atoms with Crippen LogP contribution in [0.5, 0.6) is 0 Å². The Balaban J connectivity index is 1.47. The highest BCUT2D eigenvalue weighted by molar-refractivity contribution is 7.97. The van der Waals surface area contributed by atoms with Gasteiger partial charge in [-0.3, -0.25) is 9.78 Å². The fourth-order valence-electron chi connectivity index (χ4n) is 2.30. The number of benzene rings is 2. The number of aromatic nitrogens is 1. The number of carbonyl (C=O) groups excluding carboxylic acids is 1. The second-order valence-corrected chi connectivity index (χ2v) is 6.65. The number of carbonyl (C=O) groups is 1. The average Bonchev–Trinajstić information content (AvgIpc) is 2.70. The lowest BCUT2D eigenvalue weighted by Crippen LogP contribution is -2.17. The molecular weight excluding hydrogens is 342 g/mol. The molecule has 3 rings (SSSR count). The topological polar surface area (TPSA) is 54.4 Å². The van der Waals surface area contributed by atoms with Gasteiger partial charge in [0.25, 0.3) is 5.91 Å². The predicted molar refractivity (Wildman–Crippen MR) is 107 cm³/mol. The van der Waals surface area contributed by atoms with Gasteiger partial charge in [0, 0.05) is 35.0 Å². The lowest BCUT2D eigenvalue weighted by Gasteiger charge is -2.04. The Labute approximate surface area is 157 Å². The van der Waals surface area contributed by atoms with Crippen LogP contribution < -0.4 is 5.43 Å². The first kappa shape index (κ1) is 17.9. The Morgan fingerprint density at radius 2 is 1.69 bits per heavy atom. The van der Waals surface area contributed by atoms with Gasteiger partial charge in [0.15, 0.2) is 0 Å². The van der Waals surface area contributed by atoms with Gasteiger partial charge in [0.1, 0.15) is 0 Å². The molecule has 0 aliphatic heterocycles. The number of hydrazone groups is 1. The summed E-state index contributed by atoms with van der Waals surface area (Å²) < 4.78 is 0. The van der Waals surface area contributed by atoms with Crippen LogP contribution >= 0.6 is 11.8 Å². The zero-order valence-electron chi connectivity index (χ0n) is 14.2. The van der Waals surface area contributed by atoms with Crippen LogP contribution in [0.3, 0.4) is 0 Å². The minimum atomic E-state index is -0.228. The minimum Gasteiger partial charge on any atom is -0.267 e. The third-order valence-corrected chi connectivity index (χ3v) is 4.74. The van der Waals surface area contributed by atoms with Gasteiger partial charge < -0.3 is 0 Å². The summed E-state index contributed by atoms with van der Waals surface area (Å²) in [6.07, 6.45) is 4.94. The summed E-state index contributed by atoms with van der Waals surface area (Å²) in [7, 11) is 0. The SMILES string of the molecule is O=C(N/N=C/c1cccnc1)c1ccc(CSCc2ccccc2)cc1. The van der Waals surface area contributed by atoms with Crippen molar-refractivity contribution in [2.24, 2.45) is 5.10 Å². The first-order valence-electron chi connectivity index (χ1n) is 8.25. The molecule has 1 aromatic heterocycles. The molecule has 4 nitrogen and oxygen atoms in total. The maximum atomic E-state index is 12.1. The zero-order valence-corrected chi connectivity index (χ0v) is 15.0. The molecule has 0 radical (unpaired) electrons. The Morgan fingerprint density at radius 1 is 0.962 bits per heavy atom. The van der Waals surface area contributed by atoms with E-state index in [1.165, 1.54) is 11.1 Å². The second-order valence-electron chi connectivity index (χ2n) is 5.66. The van der Waals surface area contributed by atoms with E-state index in [1.54, 1.807) is 18.6 Å². The summed E-state index contributed by atoms with van der Waals surface area (Å²) >= 11 is 1.86. The molecule has 1 heterocycles. The average molecular weight is 361 g/mol. The molecule has 0 atom stereocenters. The van der Waals surface area contributed by atoms with Crippen molar-refractivity contribution >= 4 is 23.9 Å². The van der Waals surface area contributed by atoms with Crippen LogP contribution in [0.25, 0.3) is 0 Å². The molecule has 1 N–H and O–H groups in total. The molecule has 2 aromatic carbocycles. The molecule has 0 aliphatic carbocycles. The highest BCUT2D eigenvalue weighted by atomic mass is 32.2. The molecule has 0 spiro atoms.